The number of anilines is 1. The molecular formula is C13H18F3N3O. The van der Waals surface area contributed by atoms with Gasteiger partial charge in [-0.15, -0.1) is 0 Å². The molecule has 4 nitrogen and oxygen atoms in total. The summed E-state index contributed by atoms with van der Waals surface area (Å²) in [5.74, 6) is 0. The fraction of sp³-hybridized carbons (Fsp3) is 0.462. The predicted octanol–water partition coefficient (Wildman–Crippen LogP) is 3.12. The minimum Gasteiger partial charge on any atom is -0.324 e. The first-order valence-corrected chi connectivity index (χ1v) is 6.21. The molecule has 0 fully saturated rings. The van der Waals surface area contributed by atoms with Crippen molar-refractivity contribution in [3.63, 3.8) is 0 Å². The molecule has 3 N–H and O–H groups in total. The summed E-state index contributed by atoms with van der Waals surface area (Å²) < 4.78 is 36.9. The van der Waals surface area contributed by atoms with Gasteiger partial charge in [0.1, 0.15) is 6.54 Å². The zero-order chi connectivity index (χ0) is 15.3. The molecule has 0 saturated carbocycles. The summed E-state index contributed by atoms with van der Waals surface area (Å²) in [5.41, 5.74) is 6.99. The largest absolute Gasteiger partial charge is 0.406 e. The molecule has 7 heteroatoms. The van der Waals surface area contributed by atoms with Gasteiger partial charge in [0.15, 0.2) is 0 Å². The SMILES string of the molecule is CCN(CC(F)(F)F)C(=O)Nc1ccc(C(C)N)cc1. The summed E-state index contributed by atoms with van der Waals surface area (Å²) in [5, 5.41) is 2.43. The molecule has 0 aliphatic carbocycles. The van der Waals surface area contributed by atoms with Gasteiger partial charge in [-0.25, -0.2) is 4.79 Å². The van der Waals surface area contributed by atoms with Gasteiger partial charge in [0.25, 0.3) is 0 Å². The number of carbonyl (C=O) groups is 1. The Bertz CT molecular complexity index is 443. The molecule has 0 heterocycles. The number of nitrogens with zero attached hydrogens (tertiary/aromatic N) is 1. The number of hydrogen-bond acceptors (Lipinski definition) is 2. The fourth-order valence-electron chi connectivity index (χ4n) is 1.62. The predicted molar refractivity (Wildman–Crippen MR) is 71.4 cm³/mol. The summed E-state index contributed by atoms with van der Waals surface area (Å²) >= 11 is 0. The molecule has 0 bridgehead atoms. The first kappa shape index (κ1) is 16.3. The maximum Gasteiger partial charge on any atom is 0.406 e. The first-order valence-electron chi connectivity index (χ1n) is 6.21. The molecule has 0 aromatic heterocycles. The van der Waals surface area contributed by atoms with Crippen LogP contribution in [-0.2, 0) is 0 Å². The van der Waals surface area contributed by atoms with Crippen LogP contribution in [0.25, 0.3) is 0 Å². The number of nitrogens with one attached hydrogen (secondary N) is 1. The molecule has 0 aliphatic heterocycles. The van der Waals surface area contributed by atoms with E-state index in [1.165, 1.54) is 6.92 Å². The van der Waals surface area contributed by atoms with E-state index in [1.807, 2.05) is 6.92 Å². The van der Waals surface area contributed by atoms with Crippen LogP contribution in [0.3, 0.4) is 0 Å². The Morgan fingerprint density at radius 3 is 2.30 bits per heavy atom. The average Bonchev–Trinajstić information content (AvgIpc) is 2.35. The lowest BCUT2D eigenvalue weighted by Crippen LogP contribution is -2.41. The summed E-state index contributed by atoms with van der Waals surface area (Å²) in [6.07, 6.45) is -4.41. The van der Waals surface area contributed by atoms with Gasteiger partial charge in [0.05, 0.1) is 0 Å². The van der Waals surface area contributed by atoms with Crippen LogP contribution in [0.2, 0.25) is 0 Å². The Balaban J connectivity index is 2.68. The number of rotatable bonds is 4. The van der Waals surface area contributed by atoms with E-state index in [2.05, 4.69) is 5.32 Å². The molecule has 20 heavy (non-hydrogen) atoms. The van der Waals surface area contributed by atoms with Crippen molar-refractivity contribution >= 4 is 11.7 Å². The van der Waals surface area contributed by atoms with Gasteiger partial charge in [-0.1, -0.05) is 12.1 Å². The van der Waals surface area contributed by atoms with Crippen LogP contribution < -0.4 is 11.1 Å². The van der Waals surface area contributed by atoms with E-state index in [9.17, 15) is 18.0 Å². The number of nitrogens with two attached hydrogens (primary N) is 1. The third-order valence-electron chi connectivity index (χ3n) is 2.73. The van der Waals surface area contributed by atoms with E-state index in [0.717, 1.165) is 5.56 Å². The highest BCUT2D eigenvalue weighted by molar-refractivity contribution is 5.89. The monoisotopic (exact) mass is 289 g/mol. The second kappa shape index (κ2) is 6.60. The van der Waals surface area contributed by atoms with Crippen molar-refractivity contribution in [2.24, 2.45) is 5.73 Å². The van der Waals surface area contributed by atoms with Crippen molar-refractivity contribution in [3.8, 4) is 0 Å². The van der Waals surface area contributed by atoms with E-state index >= 15 is 0 Å². The Labute approximate surface area is 115 Å². The number of benzene rings is 1. The van der Waals surface area contributed by atoms with Crippen LogP contribution in [0.4, 0.5) is 23.7 Å². The third-order valence-corrected chi connectivity index (χ3v) is 2.73. The van der Waals surface area contributed by atoms with Crippen molar-refractivity contribution in [2.75, 3.05) is 18.4 Å². The Kier molecular flexibility index (Phi) is 5.38. The molecule has 1 atom stereocenters. The van der Waals surface area contributed by atoms with Crippen LogP contribution in [0.5, 0.6) is 0 Å². The van der Waals surface area contributed by atoms with E-state index < -0.39 is 18.8 Å². The van der Waals surface area contributed by atoms with Gasteiger partial charge in [0, 0.05) is 18.3 Å². The minimum absolute atomic E-state index is 0.0245. The molecule has 2 amide bonds. The highest BCUT2D eigenvalue weighted by Gasteiger charge is 2.32. The van der Waals surface area contributed by atoms with Crippen LogP contribution in [-0.4, -0.2) is 30.2 Å². The summed E-state index contributed by atoms with van der Waals surface area (Å²) in [7, 11) is 0. The van der Waals surface area contributed by atoms with Crippen LogP contribution in [0, 0.1) is 0 Å². The van der Waals surface area contributed by atoms with Crippen molar-refractivity contribution < 1.29 is 18.0 Å². The molecule has 1 rings (SSSR count). The molecule has 1 unspecified atom stereocenters. The lowest BCUT2D eigenvalue weighted by atomic mass is 10.1. The third kappa shape index (κ3) is 5.08. The van der Waals surface area contributed by atoms with Gasteiger partial charge in [0.2, 0.25) is 0 Å². The van der Waals surface area contributed by atoms with Gasteiger partial charge in [-0.05, 0) is 31.5 Å². The lowest BCUT2D eigenvalue weighted by molar-refractivity contribution is -0.139. The second-order valence-corrected chi connectivity index (χ2v) is 4.47. The molecule has 0 spiro atoms. The van der Waals surface area contributed by atoms with Crippen LogP contribution in [0.1, 0.15) is 25.5 Å². The van der Waals surface area contributed by atoms with Crippen LogP contribution in [0.15, 0.2) is 24.3 Å². The van der Waals surface area contributed by atoms with E-state index in [-0.39, 0.29) is 12.6 Å². The summed E-state index contributed by atoms with van der Waals surface area (Å²) in [6, 6.07) is 5.74. The number of urea groups is 1. The number of amides is 2. The van der Waals surface area contributed by atoms with Gasteiger partial charge in [-0.3, -0.25) is 0 Å². The second-order valence-electron chi connectivity index (χ2n) is 4.47. The smallest absolute Gasteiger partial charge is 0.324 e. The highest BCUT2D eigenvalue weighted by Crippen LogP contribution is 2.18. The summed E-state index contributed by atoms with van der Waals surface area (Å²) in [6.45, 7) is 2.01. The highest BCUT2D eigenvalue weighted by atomic mass is 19.4. The molecule has 0 saturated heterocycles. The Morgan fingerprint density at radius 1 is 1.35 bits per heavy atom. The van der Waals surface area contributed by atoms with Crippen molar-refractivity contribution in [1.82, 2.24) is 4.90 Å². The van der Waals surface area contributed by atoms with Gasteiger partial charge < -0.3 is 16.0 Å². The van der Waals surface area contributed by atoms with Crippen molar-refractivity contribution in [1.29, 1.82) is 0 Å². The first-order chi connectivity index (χ1) is 9.23. The average molecular weight is 289 g/mol. The Morgan fingerprint density at radius 2 is 1.90 bits per heavy atom. The normalized spacial score (nSPS) is 12.9. The Hall–Kier alpha value is -1.76. The van der Waals surface area contributed by atoms with E-state index in [4.69, 9.17) is 5.73 Å². The number of alkyl halides is 3. The molecule has 112 valence electrons. The quantitative estimate of drug-likeness (QED) is 0.894. The maximum absolute atomic E-state index is 12.3. The maximum atomic E-state index is 12.3. The van der Waals surface area contributed by atoms with Crippen molar-refractivity contribution in [2.45, 2.75) is 26.1 Å². The topological polar surface area (TPSA) is 58.4 Å². The number of carbonyl (C=O) groups excluding carboxylic acids is 1. The van der Waals surface area contributed by atoms with E-state index in [0.29, 0.717) is 10.6 Å². The minimum atomic E-state index is -4.41. The fourth-order valence-corrected chi connectivity index (χ4v) is 1.62. The summed E-state index contributed by atoms with van der Waals surface area (Å²) in [4.78, 5) is 12.4. The standard InChI is InChI=1S/C13H18F3N3O/c1-3-19(8-13(14,15)16)12(20)18-11-6-4-10(5-7-11)9(2)17/h4-7,9H,3,8,17H2,1-2H3,(H,18,20). The molecule has 1 aromatic carbocycles. The van der Waals surface area contributed by atoms with Crippen LogP contribution >= 0.6 is 0 Å². The number of hydrogen-bond donors (Lipinski definition) is 2. The molecular weight excluding hydrogens is 271 g/mol. The molecule has 0 aliphatic rings. The van der Waals surface area contributed by atoms with E-state index in [1.54, 1.807) is 24.3 Å². The lowest BCUT2D eigenvalue weighted by Gasteiger charge is -2.22. The molecule has 1 aromatic rings. The molecule has 0 radical (unpaired) electrons. The zero-order valence-electron chi connectivity index (χ0n) is 11.4. The number of halogens is 3. The van der Waals surface area contributed by atoms with Gasteiger partial charge in [-0.2, -0.15) is 13.2 Å². The van der Waals surface area contributed by atoms with Gasteiger partial charge >= 0.3 is 12.2 Å². The van der Waals surface area contributed by atoms with Crippen molar-refractivity contribution in [3.05, 3.63) is 29.8 Å². The zero-order valence-corrected chi connectivity index (χ0v) is 11.4.